The topological polar surface area (TPSA) is 76.0 Å². The minimum atomic E-state index is -0.155. The van der Waals surface area contributed by atoms with Gasteiger partial charge in [0.2, 0.25) is 0 Å². The van der Waals surface area contributed by atoms with E-state index >= 15 is 0 Å². The number of aromatic hydroxyl groups is 2. The van der Waals surface area contributed by atoms with Crippen molar-refractivity contribution in [3.63, 3.8) is 0 Å². The lowest BCUT2D eigenvalue weighted by Crippen LogP contribution is -2.22. The van der Waals surface area contributed by atoms with Crippen LogP contribution in [0.1, 0.15) is 6.42 Å². The lowest BCUT2D eigenvalue weighted by Gasteiger charge is -2.17. The molecule has 0 unspecified atom stereocenters. The van der Waals surface area contributed by atoms with Crippen LogP contribution in [0.4, 0.5) is 0 Å². The molecule has 2 N–H and O–H groups in total. The van der Waals surface area contributed by atoms with Crippen molar-refractivity contribution in [3.8, 4) is 23.0 Å². The number of hydrogen-bond donors (Lipinski definition) is 2. The molecule has 0 spiro atoms. The molecule has 0 aromatic heterocycles. The van der Waals surface area contributed by atoms with Crippen molar-refractivity contribution in [2.75, 3.05) is 13.2 Å². The van der Waals surface area contributed by atoms with Crippen LogP contribution in [0.15, 0.2) is 61.2 Å². The number of phenolic OH excluding ortho intramolecular Hbond substituents is 2. The first-order valence-electron chi connectivity index (χ1n) is 7.55. The summed E-state index contributed by atoms with van der Waals surface area (Å²) in [4.78, 5) is 11.6. The summed E-state index contributed by atoms with van der Waals surface area (Å²) >= 11 is 0. The van der Waals surface area contributed by atoms with Crippen LogP contribution in [-0.2, 0) is 4.79 Å². The minimum absolute atomic E-state index is 0.0800. The number of benzene rings is 2. The number of allylic oxidation sites excluding steroid dienone is 1. The third-order valence-electron chi connectivity index (χ3n) is 3.36. The first kappa shape index (κ1) is 17.4. The van der Waals surface area contributed by atoms with E-state index in [4.69, 9.17) is 9.47 Å². The lowest BCUT2D eigenvalue weighted by atomic mass is 10.0. The molecule has 0 amide bonds. The van der Waals surface area contributed by atoms with Crippen molar-refractivity contribution in [1.29, 1.82) is 0 Å². The molecule has 5 nitrogen and oxygen atoms in total. The Bertz CT molecular complexity index is 612. The smallest absolute Gasteiger partial charge is 0.155 e. The van der Waals surface area contributed by atoms with Crippen LogP contribution >= 0.6 is 0 Å². The van der Waals surface area contributed by atoms with Crippen LogP contribution in [0.2, 0.25) is 0 Å². The normalized spacial score (nSPS) is 10.4. The fraction of sp³-hybridized carbons (Fsp3) is 0.211. The van der Waals surface area contributed by atoms with E-state index in [0.717, 1.165) is 0 Å². The average molecular weight is 328 g/mol. The molecule has 0 saturated carbocycles. The third-order valence-corrected chi connectivity index (χ3v) is 3.36. The van der Waals surface area contributed by atoms with E-state index in [-0.39, 0.29) is 29.6 Å². The van der Waals surface area contributed by atoms with E-state index in [2.05, 4.69) is 6.58 Å². The van der Waals surface area contributed by atoms with E-state index in [1.54, 1.807) is 24.3 Å². The molecule has 24 heavy (non-hydrogen) atoms. The van der Waals surface area contributed by atoms with Gasteiger partial charge in [-0.15, -0.1) is 0 Å². The maximum absolute atomic E-state index is 11.6. The average Bonchev–Trinajstić information content (AvgIpc) is 2.60. The predicted molar refractivity (Wildman–Crippen MR) is 90.5 cm³/mol. The van der Waals surface area contributed by atoms with Gasteiger partial charge in [0.25, 0.3) is 0 Å². The molecule has 0 heterocycles. The second kappa shape index (κ2) is 8.62. The monoisotopic (exact) mass is 328 g/mol. The Balaban J connectivity index is 1.92. The fourth-order valence-electron chi connectivity index (χ4n) is 2.05. The highest BCUT2D eigenvalue weighted by Gasteiger charge is 2.15. The van der Waals surface area contributed by atoms with E-state index in [9.17, 15) is 15.0 Å². The zero-order chi connectivity index (χ0) is 17.4. The molecule has 2 aromatic rings. The van der Waals surface area contributed by atoms with Crippen LogP contribution in [-0.4, -0.2) is 29.2 Å². The summed E-state index contributed by atoms with van der Waals surface area (Å²) in [5, 5.41) is 18.5. The van der Waals surface area contributed by atoms with Crippen LogP contribution < -0.4 is 9.47 Å². The zero-order valence-electron chi connectivity index (χ0n) is 13.2. The van der Waals surface area contributed by atoms with Gasteiger partial charge >= 0.3 is 0 Å². The van der Waals surface area contributed by atoms with Crippen LogP contribution in [0.3, 0.4) is 0 Å². The number of ether oxygens (including phenoxy) is 2. The molecule has 2 rings (SSSR count). The highest BCUT2D eigenvalue weighted by Crippen LogP contribution is 2.20. The molecule has 0 bridgehead atoms. The Morgan fingerprint density at radius 3 is 1.71 bits per heavy atom. The van der Waals surface area contributed by atoms with Gasteiger partial charge in [0.05, 0.1) is 13.2 Å². The van der Waals surface area contributed by atoms with Gasteiger partial charge in [-0.3, -0.25) is 4.79 Å². The first-order chi connectivity index (χ1) is 11.6. The Kier molecular flexibility index (Phi) is 6.25. The summed E-state index contributed by atoms with van der Waals surface area (Å²) in [6.07, 6.45) is 1.55. The van der Waals surface area contributed by atoms with E-state index in [1.807, 2.05) is 0 Å². The van der Waals surface area contributed by atoms with Crippen LogP contribution in [0.25, 0.3) is 0 Å². The molecule has 0 atom stereocenters. The van der Waals surface area contributed by atoms with Gasteiger partial charge in [0.15, 0.2) is 5.78 Å². The van der Waals surface area contributed by atoms with Crippen molar-refractivity contribution < 1.29 is 24.5 Å². The largest absolute Gasteiger partial charge is 0.508 e. The van der Waals surface area contributed by atoms with Gasteiger partial charge in [-0.2, -0.15) is 0 Å². The second-order valence-electron chi connectivity index (χ2n) is 5.35. The first-order valence-corrected chi connectivity index (χ1v) is 7.55. The molecule has 0 saturated heterocycles. The number of ketones is 1. The van der Waals surface area contributed by atoms with Crippen molar-refractivity contribution in [2.45, 2.75) is 6.42 Å². The number of phenols is 2. The summed E-state index contributed by atoms with van der Waals surface area (Å²) in [5.41, 5.74) is 0. The Morgan fingerprint density at radius 1 is 0.917 bits per heavy atom. The van der Waals surface area contributed by atoms with E-state index < -0.39 is 0 Å². The van der Waals surface area contributed by atoms with E-state index in [1.165, 1.54) is 30.3 Å². The van der Waals surface area contributed by atoms with Gasteiger partial charge in [-0.05, 0) is 54.6 Å². The summed E-state index contributed by atoms with van der Waals surface area (Å²) in [6, 6.07) is 12.8. The fourth-order valence-corrected chi connectivity index (χ4v) is 2.05. The summed E-state index contributed by atoms with van der Waals surface area (Å²) < 4.78 is 11.3. The molecule has 5 heteroatoms. The van der Waals surface area contributed by atoms with E-state index in [0.29, 0.717) is 24.7 Å². The molecule has 126 valence electrons. The van der Waals surface area contributed by atoms with Crippen LogP contribution in [0, 0.1) is 5.92 Å². The van der Waals surface area contributed by atoms with Gasteiger partial charge in [0.1, 0.15) is 23.0 Å². The predicted octanol–water partition coefficient (Wildman–Crippen LogP) is 3.32. The summed E-state index contributed by atoms with van der Waals surface area (Å²) in [5.74, 6) is 1.30. The molecule has 0 fully saturated rings. The molecular weight excluding hydrogens is 308 g/mol. The quantitative estimate of drug-likeness (QED) is 0.691. The Labute approximate surface area is 140 Å². The number of carbonyl (C=O) groups excluding carboxylic acids is 1. The minimum Gasteiger partial charge on any atom is -0.508 e. The standard InChI is InChI=1S/C19H20O5/c1-2-15(20)11-14(12-23-18-7-3-16(21)4-8-18)13-24-19-9-5-17(22)6-10-19/h2-10,14,21-22H,1,11-13H2. The van der Waals surface area contributed by atoms with Crippen molar-refractivity contribution in [1.82, 2.24) is 0 Å². The molecule has 0 aliphatic rings. The molecule has 2 aromatic carbocycles. The van der Waals surface area contributed by atoms with Gasteiger partial charge in [-0.1, -0.05) is 6.58 Å². The third kappa shape index (κ3) is 5.68. The van der Waals surface area contributed by atoms with Gasteiger partial charge in [0, 0.05) is 12.3 Å². The maximum Gasteiger partial charge on any atom is 0.155 e. The summed E-state index contributed by atoms with van der Waals surface area (Å²) in [6.45, 7) is 4.07. The molecule has 0 aliphatic heterocycles. The van der Waals surface area contributed by atoms with Crippen molar-refractivity contribution in [2.24, 2.45) is 5.92 Å². The highest BCUT2D eigenvalue weighted by molar-refractivity contribution is 5.89. The van der Waals surface area contributed by atoms with Gasteiger partial charge < -0.3 is 19.7 Å². The zero-order valence-corrected chi connectivity index (χ0v) is 13.2. The summed E-state index contributed by atoms with van der Waals surface area (Å²) in [7, 11) is 0. The molecule has 0 aliphatic carbocycles. The van der Waals surface area contributed by atoms with Gasteiger partial charge in [-0.25, -0.2) is 0 Å². The van der Waals surface area contributed by atoms with Crippen molar-refractivity contribution >= 4 is 5.78 Å². The number of hydrogen-bond acceptors (Lipinski definition) is 5. The number of carbonyl (C=O) groups is 1. The molecular formula is C19H20O5. The maximum atomic E-state index is 11.6. The SMILES string of the molecule is C=CC(=O)CC(COc1ccc(O)cc1)COc1ccc(O)cc1. The highest BCUT2D eigenvalue weighted by atomic mass is 16.5. The Morgan fingerprint density at radius 2 is 1.33 bits per heavy atom. The lowest BCUT2D eigenvalue weighted by molar-refractivity contribution is -0.116. The Hall–Kier alpha value is -2.95. The van der Waals surface area contributed by atoms with Crippen molar-refractivity contribution in [3.05, 3.63) is 61.2 Å². The molecule has 0 radical (unpaired) electrons. The van der Waals surface area contributed by atoms with Crippen LogP contribution in [0.5, 0.6) is 23.0 Å². The second-order valence-corrected chi connectivity index (χ2v) is 5.35. The number of rotatable bonds is 9.